The highest BCUT2D eigenvalue weighted by molar-refractivity contribution is 6.02. The Morgan fingerprint density at radius 1 is 1.00 bits per heavy atom. The van der Waals surface area contributed by atoms with Gasteiger partial charge in [-0.15, -0.1) is 0 Å². The van der Waals surface area contributed by atoms with Gasteiger partial charge in [0, 0.05) is 5.56 Å². The van der Waals surface area contributed by atoms with Gasteiger partial charge >= 0.3 is 0 Å². The minimum atomic E-state index is -0.387. The van der Waals surface area contributed by atoms with Gasteiger partial charge in [-0.2, -0.15) is 0 Å². The smallest absolute Gasteiger partial charge is 0.249 e. The van der Waals surface area contributed by atoms with Crippen molar-refractivity contribution in [3.8, 4) is 0 Å². The normalized spacial score (nSPS) is 16.4. The molecule has 0 heterocycles. The number of carbonyl (C=O) groups excluding carboxylic acids is 1. The Kier molecular flexibility index (Phi) is 2.08. The average molecular weight is 221 g/mol. The first kappa shape index (κ1) is 9.85. The molecule has 0 radical (unpaired) electrons. The Morgan fingerprint density at radius 3 is 2.65 bits per heavy atom. The summed E-state index contributed by atoms with van der Waals surface area (Å²) in [6.07, 6.45) is 10.2. The largest absolute Gasteiger partial charge is 0.366 e. The monoisotopic (exact) mass is 221 g/mol. The van der Waals surface area contributed by atoms with E-state index in [-0.39, 0.29) is 5.91 Å². The molecule has 0 aliphatic heterocycles. The number of carbonyl (C=O) groups is 1. The van der Waals surface area contributed by atoms with Crippen LogP contribution in [0.1, 0.15) is 15.9 Å². The Labute approximate surface area is 99.4 Å². The van der Waals surface area contributed by atoms with Gasteiger partial charge in [0.05, 0.1) is 0 Å². The molecule has 0 saturated carbocycles. The Bertz CT molecular complexity index is 630. The summed E-state index contributed by atoms with van der Waals surface area (Å²) in [7, 11) is 0. The SMILES string of the molecule is NC(=O)c1ccccc1C1=CC=C2C=CC=C21. The standard InChI is InChI=1S/C15H11NO/c16-15(17)14-6-2-1-5-12(14)13-9-8-10-4-3-7-11(10)13/h1-9H,(H2,16,17). The third-order valence-electron chi connectivity index (χ3n) is 3.05. The van der Waals surface area contributed by atoms with E-state index in [2.05, 4.69) is 18.2 Å². The predicted molar refractivity (Wildman–Crippen MR) is 68.2 cm³/mol. The molecule has 2 aliphatic rings. The maximum atomic E-state index is 11.4. The van der Waals surface area contributed by atoms with Crippen LogP contribution in [-0.4, -0.2) is 5.91 Å². The molecule has 2 nitrogen and oxygen atoms in total. The molecular weight excluding hydrogens is 210 g/mol. The van der Waals surface area contributed by atoms with Crippen LogP contribution in [0.3, 0.4) is 0 Å². The highest BCUT2D eigenvalue weighted by Gasteiger charge is 2.20. The summed E-state index contributed by atoms with van der Waals surface area (Å²) in [5.41, 5.74) is 10.3. The molecule has 0 unspecified atom stereocenters. The predicted octanol–water partition coefficient (Wildman–Crippen LogP) is 2.61. The Hall–Kier alpha value is -2.35. The van der Waals surface area contributed by atoms with Crippen LogP contribution in [0, 0.1) is 0 Å². The zero-order valence-electron chi connectivity index (χ0n) is 9.18. The van der Waals surface area contributed by atoms with Crippen molar-refractivity contribution in [1.82, 2.24) is 0 Å². The van der Waals surface area contributed by atoms with Gasteiger partial charge in [-0.25, -0.2) is 0 Å². The van der Waals surface area contributed by atoms with E-state index in [1.807, 2.05) is 30.4 Å². The summed E-state index contributed by atoms with van der Waals surface area (Å²) in [4.78, 5) is 11.4. The lowest BCUT2D eigenvalue weighted by atomic mass is 9.94. The van der Waals surface area contributed by atoms with Crippen LogP contribution in [0.15, 0.2) is 65.8 Å². The summed E-state index contributed by atoms with van der Waals surface area (Å²) < 4.78 is 0. The molecule has 0 fully saturated rings. The van der Waals surface area contributed by atoms with Crippen molar-refractivity contribution in [2.75, 3.05) is 0 Å². The topological polar surface area (TPSA) is 43.1 Å². The van der Waals surface area contributed by atoms with Crippen molar-refractivity contribution in [1.29, 1.82) is 0 Å². The van der Waals surface area contributed by atoms with Crippen LogP contribution in [0.2, 0.25) is 0 Å². The summed E-state index contributed by atoms with van der Waals surface area (Å²) >= 11 is 0. The number of hydrogen-bond donors (Lipinski definition) is 1. The van der Waals surface area contributed by atoms with Crippen molar-refractivity contribution >= 4 is 11.5 Å². The zero-order chi connectivity index (χ0) is 11.8. The minimum Gasteiger partial charge on any atom is -0.366 e. The number of nitrogens with two attached hydrogens (primary N) is 1. The van der Waals surface area contributed by atoms with Gasteiger partial charge in [0.15, 0.2) is 0 Å². The summed E-state index contributed by atoms with van der Waals surface area (Å²) in [5, 5.41) is 0. The molecule has 17 heavy (non-hydrogen) atoms. The molecule has 2 heteroatoms. The molecule has 1 amide bonds. The molecule has 1 aromatic rings. The van der Waals surface area contributed by atoms with Crippen molar-refractivity contribution in [3.05, 3.63) is 76.9 Å². The molecule has 2 aliphatic carbocycles. The van der Waals surface area contributed by atoms with E-state index in [0.29, 0.717) is 5.56 Å². The lowest BCUT2D eigenvalue weighted by molar-refractivity contribution is 0.1000. The molecule has 0 bridgehead atoms. The van der Waals surface area contributed by atoms with Crippen LogP contribution in [0.4, 0.5) is 0 Å². The number of allylic oxidation sites excluding steroid dienone is 8. The van der Waals surface area contributed by atoms with Crippen molar-refractivity contribution in [2.45, 2.75) is 0 Å². The van der Waals surface area contributed by atoms with Crippen molar-refractivity contribution < 1.29 is 4.79 Å². The van der Waals surface area contributed by atoms with Gasteiger partial charge in [-0.1, -0.05) is 48.6 Å². The molecule has 0 spiro atoms. The maximum Gasteiger partial charge on any atom is 0.249 e. The Morgan fingerprint density at radius 2 is 1.82 bits per heavy atom. The molecule has 2 N–H and O–H groups in total. The number of rotatable bonds is 2. The van der Waals surface area contributed by atoms with Crippen LogP contribution in [0.5, 0.6) is 0 Å². The first-order valence-corrected chi connectivity index (χ1v) is 5.47. The van der Waals surface area contributed by atoms with Gasteiger partial charge in [0.1, 0.15) is 0 Å². The molecule has 0 atom stereocenters. The van der Waals surface area contributed by atoms with E-state index in [9.17, 15) is 4.79 Å². The van der Waals surface area contributed by atoms with Crippen LogP contribution < -0.4 is 5.73 Å². The summed E-state index contributed by atoms with van der Waals surface area (Å²) in [5.74, 6) is -0.387. The summed E-state index contributed by atoms with van der Waals surface area (Å²) in [6.45, 7) is 0. The zero-order valence-corrected chi connectivity index (χ0v) is 9.18. The van der Waals surface area contributed by atoms with Gasteiger partial charge in [-0.3, -0.25) is 4.79 Å². The quantitative estimate of drug-likeness (QED) is 0.819. The molecule has 0 aromatic heterocycles. The number of fused-ring (bicyclic) bond motifs is 1. The highest BCUT2D eigenvalue weighted by Crippen LogP contribution is 2.38. The number of primary amides is 1. The first-order valence-electron chi connectivity index (χ1n) is 5.47. The van der Waals surface area contributed by atoms with E-state index in [1.165, 1.54) is 11.1 Å². The van der Waals surface area contributed by atoms with Gasteiger partial charge in [0.2, 0.25) is 5.91 Å². The van der Waals surface area contributed by atoms with E-state index >= 15 is 0 Å². The third-order valence-corrected chi connectivity index (χ3v) is 3.05. The fraction of sp³-hybridized carbons (Fsp3) is 0. The van der Waals surface area contributed by atoms with Crippen LogP contribution in [0.25, 0.3) is 5.57 Å². The fourth-order valence-electron chi connectivity index (χ4n) is 2.26. The van der Waals surface area contributed by atoms with Gasteiger partial charge < -0.3 is 5.73 Å². The first-order chi connectivity index (χ1) is 8.27. The number of amides is 1. The second-order valence-electron chi connectivity index (χ2n) is 4.05. The van der Waals surface area contributed by atoms with Gasteiger partial charge in [-0.05, 0) is 28.3 Å². The van der Waals surface area contributed by atoms with Gasteiger partial charge in [0.25, 0.3) is 0 Å². The van der Waals surface area contributed by atoms with Crippen LogP contribution >= 0.6 is 0 Å². The van der Waals surface area contributed by atoms with E-state index < -0.39 is 0 Å². The second kappa shape index (κ2) is 3.59. The minimum absolute atomic E-state index is 0.387. The molecule has 0 saturated heterocycles. The van der Waals surface area contributed by atoms with Crippen molar-refractivity contribution in [3.63, 3.8) is 0 Å². The lowest BCUT2D eigenvalue weighted by Crippen LogP contribution is -2.13. The van der Waals surface area contributed by atoms with Crippen molar-refractivity contribution in [2.24, 2.45) is 5.73 Å². The second-order valence-corrected chi connectivity index (χ2v) is 4.05. The molecule has 82 valence electrons. The third kappa shape index (κ3) is 1.46. The highest BCUT2D eigenvalue weighted by atomic mass is 16.1. The molecule has 3 rings (SSSR count). The number of benzene rings is 1. The molecular formula is C15H11NO. The Balaban J connectivity index is 2.11. The van der Waals surface area contributed by atoms with E-state index in [0.717, 1.165) is 11.1 Å². The fourth-order valence-corrected chi connectivity index (χ4v) is 2.26. The van der Waals surface area contributed by atoms with Crippen LogP contribution in [-0.2, 0) is 0 Å². The van der Waals surface area contributed by atoms with E-state index in [1.54, 1.807) is 6.07 Å². The van der Waals surface area contributed by atoms with E-state index in [4.69, 9.17) is 5.73 Å². The molecule has 1 aromatic carbocycles. The maximum absolute atomic E-state index is 11.4. The summed E-state index contributed by atoms with van der Waals surface area (Å²) in [6, 6.07) is 7.44. The lowest BCUT2D eigenvalue weighted by Gasteiger charge is -2.09. The average Bonchev–Trinajstić information content (AvgIpc) is 2.90. The number of hydrogen-bond acceptors (Lipinski definition) is 1.